The van der Waals surface area contributed by atoms with Gasteiger partial charge in [-0.3, -0.25) is 4.79 Å². The second kappa shape index (κ2) is 4.37. The van der Waals surface area contributed by atoms with Gasteiger partial charge >= 0.3 is 0 Å². The molecule has 1 aromatic carbocycles. The second-order valence-corrected chi connectivity index (χ2v) is 4.31. The highest BCUT2D eigenvalue weighted by Crippen LogP contribution is 2.23. The molecule has 5 nitrogen and oxygen atoms in total. The summed E-state index contributed by atoms with van der Waals surface area (Å²) in [6.07, 6.45) is 0. The molecule has 0 unspecified atom stereocenters. The maximum absolute atomic E-state index is 11.4. The fourth-order valence-electron chi connectivity index (χ4n) is 1.95. The molecule has 2 heterocycles. The van der Waals surface area contributed by atoms with Crippen molar-refractivity contribution in [2.75, 3.05) is 6.61 Å². The van der Waals surface area contributed by atoms with E-state index >= 15 is 0 Å². The van der Waals surface area contributed by atoms with Gasteiger partial charge in [0.1, 0.15) is 12.4 Å². The zero-order valence-electron chi connectivity index (χ0n) is 10.3. The number of hydrogen-bond donors (Lipinski definition) is 2. The number of hydrogen-bond acceptors (Lipinski definition) is 4. The van der Waals surface area contributed by atoms with Crippen LogP contribution in [0.4, 0.5) is 0 Å². The lowest BCUT2D eigenvalue weighted by atomic mass is 10.1. The number of aliphatic hydroxyl groups is 1. The summed E-state index contributed by atoms with van der Waals surface area (Å²) in [5, 5.41) is 8.86. The summed E-state index contributed by atoms with van der Waals surface area (Å²) < 4.78 is 5.50. The number of imidazole rings is 1. The van der Waals surface area contributed by atoms with Gasteiger partial charge < -0.3 is 14.5 Å². The SMILES string of the molecule is Cc1ccc(-c2nc3ccc(C(=O)CO)cc3[nH]2)o1. The number of benzene rings is 1. The Hall–Kier alpha value is -2.40. The molecular formula is C14H12N2O3. The van der Waals surface area contributed by atoms with E-state index in [0.29, 0.717) is 17.1 Å². The number of aromatic amines is 1. The number of aryl methyl sites for hydroxylation is 1. The lowest BCUT2D eigenvalue weighted by molar-refractivity contribution is 0.0904. The van der Waals surface area contributed by atoms with Gasteiger partial charge in [-0.2, -0.15) is 0 Å². The van der Waals surface area contributed by atoms with E-state index < -0.39 is 6.61 Å². The Morgan fingerprint density at radius 2 is 2.21 bits per heavy atom. The quantitative estimate of drug-likeness (QED) is 0.705. The van der Waals surface area contributed by atoms with Crippen LogP contribution in [-0.2, 0) is 0 Å². The summed E-state index contributed by atoms with van der Waals surface area (Å²) >= 11 is 0. The van der Waals surface area contributed by atoms with Gasteiger partial charge in [0.25, 0.3) is 0 Å². The molecule has 0 radical (unpaired) electrons. The molecule has 0 bridgehead atoms. The van der Waals surface area contributed by atoms with Crippen LogP contribution in [0.2, 0.25) is 0 Å². The molecule has 0 aliphatic rings. The Balaban J connectivity index is 2.08. The van der Waals surface area contributed by atoms with Gasteiger partial charge in [0.15, 0.2) is 17.4 Å². The van der Waals surface area contributed by atoms with Crippen molar-refractivity contribution in [2.45, 2.75) is 6.92 Å². The number of fused-ring (bicyclic) bond motifs is 1. The predicted octanol–water partition coefficient (Wildman–Crippen LogP) is 2.31. The number of aromatic nitrogens is 2. The minimum Gasteiger partial charge on any atom is -0.458 e. The molecule has 2 aromatic heterocycles. The number of carbonyl (C=O) groups is 1. The van der Waals surface area contributed by atoms with E-state index in [2.05, 4.69) is 9.97 Å². The van der Waals surface area contributed by atoms with E-state index in [9.17, 15) is 4.79 Å². The molecule has 96 valence electrons. The first-order valence-electron chi connectivity index (χ1n) is 5.88. The van der Waals surface area contributed by atoms with Crippen molar-refractivity contribution in [1.29, 1.82) is 0 Å². The summed E-state index contributed by atoms with van der Waals surface area (Å²) in [6.45, 7) is 1.37. The van der Waals surface area contributed by atoms with Crippen LogP contribution in [0.15, 0.2) is 34.7 Å². The number of aliphatic hydroxyl groups excluding tert-OH is 1. The summed E-state index contributed by atoms with van der Waals surface area (Å²) in [5.41, 5.74) is 1.95. The van der Waals surface area contributed by atoms with Crippen molar-refractivity contribution in [3.63, 3.8) is 0 Å². The van der Waals surface area contributed by atoms with Crippen LogP contribution >= 0.6 is 0 Å². The first-order valence-corrected chi connectivity index (χ1v) is 5.88. The van der Waals surface area contributed by atoms with Crippen molar-refractivity contribution in [2.24, 2.45) is 0 Å². The molecular weight excluding hydrogens is 244 g/mol. The van der Waals surface area contributed by atoms with Crippen LogP contribution in [-0.4, -0.2) is 27.5 Å². The van der Waals surface area contributed by atoms with Crippen LogP contribution < -0.4 is 0 Å². The monoisotopic (exact) mass is 256 g/mol. The molecule has 0 saturated carbocycles. The highest BCUT2D eigenvalue weighted by atomic mass is 16.3. The number of nitrogens with one attached hydrogen (secondary N) is 1. The molecule has 5 heteroatoms. The summed E-state index contributed by atoms with van der Waals surface area (Å²) in [7, 11) is 0. The van der Waals surface area contributed by atoms with Crippen LogP contribution in [0.3, 0.4) is 0 Å². The van der Waals surface area contributed by atoms with Gasteiger partial charge in [-0.25, -0.2) is 4.98 Å². The Kier molecular flexibility index (Phi) is 2.68. The third-order valence-electron chi connectivity index (χ3n) is 2.92. The Bertz CT molecular complexity index is 755. The van der Waals surface area contributed by atoms with Crippen LogP contribution in [0.5, 0.6) is 0 Å². The van der Waals surface area contributed by atoms with E-state index in [1.165, 1.54) is 0 Å². The first kappa shape index (κ1) is 11.7. The standard InChI is InChI=1S/C14H12N2O3/c1-8-2-5-13(19-8)14-15-10-4-3-9(12(18)7-17)6-11(10)16-14/h2-6,17H,7H2,1H3,(H,15,16). The number of rotatable bonds is 3. The highest BCUT2D eigenvalue weighted by Gasteiger charge is 2.11. The maximum atomic E-state index is 11.4. The predicted molar refractivity (Wildman–Crippen MR) is 69.9 cm³/mol. The highest BCUT2D eigenvalue weighted by molar-refractivity contribution is 5.99. The number of H-pyrrole nitrogens is 1. The third-order valence-corrected chi connectivity index (χ3v) is 2.92. The van der Waals surface area contributed by atoms with Gasteiger partial charge in [-0.05, 0) is 37.3 Å². The molecule has 0 atom stereocenters. The number of Topliss-reactive ketones (excluding diaryl/α,β-unsaturated/α-hetero) is 1. The van der Waals surface area contributed by atoms with Crippen LogP contribution in [0.1, 0.15) is 16.1 Å². The topological polar surface area (TPSA) is 79.1 Å². The third kappa shape index (κ3) is 2.04. The molecule has 0 aliphatic carbocycles. The molecule has 0 aliphatic heterocycles. The summed E-state index contributed by atoms with van der Waals surface area (Å²) in [4.78, 5) is 18.9. The molecule has 3 rings (SSSR count). The molecule has 19 heavy (non-hydrogen) atoms. The Labute approximate surface area is 108 Å². The van der Waals surface area contributed by atoms with Crippen molar-refractivity contribution < 1.29 is 14.3 Å². The molecule has 0 amide bonds. The largest absolute Gasteiger partial charge is 0.458 e. The summed E-state index contributed by atoms with van der Waals surface area (Å²) in [5.74, 6) is 1.78. The zero-order valence-corrected chi connectivity index (χ0v) is 10.3. The molecule has 0 fully saturated rings. The van der Waals surface area contributed by atoms with E-state index in [0.717, 1.165) is 16.8 Å². The van der Waals surface area contributed by atoms with Crippen molar-refractivity contribution >= 4 is 16.8 Å². The fourth-order valence-corrected chi connectivity index (χ4v) is 1.95. The normalized spacial score (nSPS) is 11.1. The van der Waals surface area contributed by atoms with Gasteiger partial charge in [0.05, 0.1) is 11.0 Å². The number of carbonyl (C=O) groups excluding carboxylic acids is 1. The molecule has 3 aromatic rings. The second-order valence-electron chi connectivity index (χ2n) is 4.31. The Morgan fingerprint density at radius 1 is 1.37 bits per heavy atom. The van der Waals surface area contributed by atoms with Crippen LogP contribution in [0, 0.1) is 6.92 Å². The average Bonchev–Trinajstić information content (AvgIpc) is 3.02. The van der Waals surface area contributed by atoms with Gasteiger partial charge in [0, 0.05) is 5.56 Å². The van der Waals surface area contributed by atoms with E-state index in [-0.39, 0.29) is 5.78 Å². The molecule has 0 saturated heterocycles. The van der Waals surface area contributed by atoms with Gasteiger partial charge in [-0.15, -0.1) is 0 Å². The van der Waals surface area contributed by atoms with Crippen LogP contribution in [0.25, 0.3) is 22.6 Å². The zero-order chi connectivity index (χ0) is 13.4. The minimum absolute atomic E-state index is 0.313. The molecule has 0 spiro atoms. The lowest BCUT2D eigenvalue weighted by Gasteiger charge is -1.95. The lowest BCUT2D eigenvalue weighted by Crippen LogP contribution is -2.03. The minimum atomic E-state index is -0.496. The van der Waals surface area contributed by atoms with Gasteiger partial charge in [-0.1, -0.05) is 0 Å². The first-order chi connectivity index (χ1) is 9.17. The van der Waals surface area contributed by atoms with Crippen molar-refractivity contribution in [3.05, 3.63) is 41.7 Å². The number of nitrogens with zero attached hydrogens (tertiary/aromatic N) is 1. The Morgan fingerprint density at radius 3 is 2.89 bits per heavy atom. The molecule has 2 N–H and O–H groups in total. The average molecular weight is 256 g/mol. The number of ketones is 1. The fraction of sp³-hybridized carbons (Fsp3) is 0.143. The maximum Gasteiger partial charge on any atom is 0.188 e. The van der Waals surface area contributed by atoms with E-state index in [1.807, 2.05) is 19.1 Å². The van der Waals surface area contributed by atoms with E-state index in [4.69, 9.17) is 9.52 Å². The van der Waals surface area contributed by atoms with E-state index in [1.54, 1.807) is 18.2 Å². The van der Waals surface area contributed by atoms with Crippen molar-refractivity contribution in [3.8, 4) is 11.6 Å². The number of furan rings is 1. The smallest absolute Gasteiger partial charge is 0.188 e. The van der Waals surface area contributed by atoms with Gasteiger partial charge in [0.2, 0.25) is 0 Å². The summed E-state index contributed by atoms with van der Waals surface area (Å²) in [6, 6.07) is 8.78. The van der Waals surface area contributed by atoms with Crippen molar-refractivity contribution in [1.82, 2.24) is 9.97 Å².